The quantitative estimate of drug-likeness (QED) is 0.440. The third-order valence-corrected chi connectivity index (χ3v) is 9.75. The molecule has 6 atom stereocenters. The molecule has 1 aromatic rings. The van der Waals surface area contributed by atoms with Crippen LogP contribution in [0.1, 0.15) is 59.3 Å². The van der Waals surface area contributed by atoms with E-state index in [-0.39, 0.29) is 35.1 Å². The number of nitrogens with one attached hydrogen (secondary N) is 2. The first-order valence-corrected chi connectivity index (χ1v) is 13.4. The minimum absolute atomic E-state index is 0.0266. The lowest BCUT2D eigenvalue weighted by Crippen LogP contribution is -2.55. The molecule has 186 valence electrons. The molecule has 8 heteroatoms. The fraction of sp³-hybridized carbons (Fsp3) is 0.654. The van der Waals surface area contributed by atoms with Crippen LogP contribution in [-0.4, -0.2) is 62.5 Å². The van der Waals surface area contributed by atoms with Crippen LogP contribution in [0.2, 0.25) is 0 Å². The Hall–Kier alpha value is -2.06. The van der Waals surface area contributed by atoms with Gasteiger partial charge in [-0.1, -0.05) is 31.5 Å². The summed E-state index contributed by atoms with van der Waals surface area (Å²) in [7, 11) is 0. The van der Waals surface area contributed by atoms with Gasteiger partial charge < -0.3 is 20.6 Å². The Balaban J connectivity index is 1.66. The fourth-order valence-electron chi connectivity index (χ4n) is 6.33. The van der Waals surface area contributed by atoms with Crippen molar-refractivity contribution in [3.63, 3.8) is 0 Å². The molecule has 3 amide bonds. The van der Waals surface area contributed by atoms with Gasteiger partial charge in [-0.25, -0.2) is 0 Å². The van der Waals surface area contributed by atoms with Crippen molar-refractivity contribution < 1.29 is 19.5 Å². The van der Waals surface area contributed by atoms with Crippen LogP contribution in [0, 0.1) is 11.8 Å². The first-order valence-electron chi connectivity index (χ1n) is 12.5. The predicted molar refractivity (Wildman–Crippen MR) is 134 cm³/mol. The van der Waals surface area contributed by atoms with E-state index in [0.717, 1.165) is 25.7 Å². The van der Waals surface area contributed by atoms with Gasteiger partial charge in [-0.15, -0.1) is 11.8 Å². The van der Waals surface area contributed by atoms with Crippen molar-refractivity contribution in [1.82, 2.24) is 10.2 Å². The van der Waals surface area contributed by atoms with Crippen LogP contribution in [0.25, 0.3) is 0 Å². The Bertz CT molecular complexity index is 928. The van der Waals surface area contributed by atoms with Crippen molar-refractivity contribution >= 4 is 35.2 Å². The Morgan fingerprint density at radius 3 is 2.62 bits per heavy atom. The van der Waals surface area contributed by atoms with Crippen molar-refractivity contribution in [2.45, 2.75) is 80.9 Å². The second kappa shape index (κ2) is 9.90. The molecule has 3 unspecified atom stereocenters. The average molecular weight is 488 g/mol. The third-order valence-electron chi connectivity index (χ3n) is 7.77. The Kier molecular flexibility index (Phi) is 7.29. The lowest BCUT2D eigenvalue weighted by molar-refractivity contribution is -0.139. The Morgan fingerprint density at radius 2 is 1.94 bits per heavy atom. The maximum atomic E-state index is 13.9. The molecular weight excluding hydrogens is 450 g/mol. The van der Waals surface area contributed by atoms with Gasteiger partial charge in [-0.05, 0) is 58.1 Å². The topological polar surface area (TPSA) is 98.7 Å². The van der Waals surface area contributed by atoms with Gasteiger partial charge in [-0.3, -0.25) is 14.4 Å². The van der Waals surface area contributed by atoms with Crippen LogP contribution in [0.15, 0.2) is 30.3 Å². The lowest BCUT2D eigenvalue weighted by atomic mass is 9.66. The molecule has 0 aromatic heterocycles. The number of fused-ring (bicyclic) bond motifs is 1. The van der Waals surface area contributed by atoms with Crippen LogP contribution >= 0.6 is 11.8 Å². The summed E-state index contributed by atoms with van der Waals surface area (Å²) in [6.45, 7) is 6.64. The minimum Gasteiger partial charge on any atom is -0.396 e. The van der Waals surface area contributed by atoms with Crippen LogP contribution < -0.4 is 10.6 Å². The van der Waals surface area contributed by atoms with Crippen LogP contribution in [-0.2, 0) is 14.4 Å². The number of carbonyl (C=O) groups excluding carboxylic acids is 3. The van der Waals surface area contributed by atoms with Gasteiger partial charge in [0, 0.05) is 29.6 Å². The molecule has 3 fully saturated rings. The van der Waals surface area contributed by atoms with Crippen LogP contribution in [0.4, 0.5) is 5.69 Å². The summed E-state index contributed by atoms with van der Waals surface area (Å²) in [4.78, 5) is 42.8. The smallest absolute Gasteiger partial charge is 0.244 e. The molecule has 3 heterocycles. The number of anilines is 1. The van der Waals surface area contributed by atoms with Gasteiger partial charge >= 0.3 is 0 Å². The summed E-state index contributed by atoms with van der Waals surface area (Å²) >= 11 is 1.69. The van der Waals surface area contributed by atoms with E-state index in [0.29, 0.717) is 25.1 Å². The summed E-state index contributed by atoms with van der Waals surface area (Å²) < 4.78 is -0.982. The zero-order valence-electron chi connectivity index (χ0n) is 20.4. The fourth-order valence-corrected chi connectivity index (χ4v) is 8.69. The summed E-state index contributed by atoms with van der Waals surface area (Å²) in [5.74, 6) is -1.36. The van der Waals surface area contributed by atoms with Crippen molar-refractivity contribution in [2.24, 2.45) is 11.8 Å². The molecule has 0 aliphatic carbocycles. The molecule has 34 heavy (non-hydrogen) atoms. The minimum atomic E-state index is -0.597. The molecule has 7 nitrogen and oxygen atoms in total. The van der Waals surface area contributed by atoms with E-state index in [4.69, 9.17) is 0 Å². The highest BCUT2D eigenvalue weighted by Crippen LogP contribution is 2.71. The number of unbranched alkanes of at least 4 members (excludes halogenated alkanes) is 1. The number of benzene rings is 1. The standard InChI is InChI=1S/C26H37N3O4S/c1-4-10-17(2)27-23(32)21-26-14-13-25(3,34-26)19(22(31)28-18-11-6-5-7-12-18)20(26)24(33)29(21)15-8-9-16-30/h5-7,11-12,17,19-21,30H,4,8-10,13-16H2,1-3H3,(H,27,32)(H,28,31)/t17?,19-,20+,21?,25+,26?/m1/s1. The van der Waals surface area contributed by atoms with Crippen LogP contribution in [0.5, 0.6) is 0 Å². The van der Waals surface area contributed by atoms with Gasteiger partial charge in [0.15, 0.2) is 0 Å². The van der Waals surface area contributed by atoms with E-state index in [1.54, 1.807) is 16.7 Å². The van der Waals surface area contributed by atoms with Gasteiger partial charge in [0.2, 0.25) is 17.7 Å². The molecule has 1 spiro atoms. The van der Waals surface area contributed by atoms with Crippen molar-refractivity contribution in [3.05, 3.63) is 30.3 Å². The first kappa shape index (κ1) is 25.0. The van der Waals surface area contributed by atoms with Crippen molar-refractivity contribution in [2.75, 3.05) is 18.5 Å². The van der Waals surface area contributed by atoms with Crippen molar-refractivity contribution in [1.29, 1.82) is 0 Å². The molecular formula is C26H37N3O4S. The highest BCUT2D eigenvalue weighted by molar-refractivity contribution is 8.02. The van der Waals surface area contributed by atoms with E-state index in [1.807, 2.05) is 37.3 Å². The van der Waals surface area contributed by atoms with Gasteiger partial charge in [0.1, 0.15) is 6.04 Å². The molecule has 1 aromatic carbocycles. The van der Waals surface area contributed by atoms with Crippen molar-refractivity contribution in [3.8, 4) is 0 Å². The molecule has 3 saturated heterocycles. The number of aliphatic hydroxyl groups is 1. The summed E-state index contributed by atoms with van der Waals surface area (Å²) in [6.07, 6.45) is 4.59. The molecule has 3 N–H and O–H groups in total. The average Bonchev–Trinajstić information content (AvgIpc) is 3.35. The number of carbonyl (C=O) groups is 3. The Morgan fingerprint density at radius 1 is 1.21 bits per heavy atom. The zero-order valence-corrected chi connectivity index (χ0v) is 21.2. The second-order valence-electron chi connectivity index (χ2n) is 10.2. The maximum absolute atomic E-state index is 13.9. The van der Waals surface area contributed by atoms with Gasteiger partial charge in [0.05, 0.1) is 16.6 Å². The van der Waals surface area contributed by atoms with E-state index < -0.39 is 22.6 Å². The number of thioether (sulfide) groups is 1. The van der Waals surface area contributed by atoms with Crippen LogP contribution in [0.3, 0.4) is 0 Å². The number of hydrogen-bond donors (Lipinski definition) is 3. The SMILES string of the molecule is CCCC(C)NC(=O)C1N(CCCCO)C(=O)[C@@H]2[C@H](C(=O)Nc3ccccc3)[C@]3(C)CCC12S3. The van der Waals surface area contributed by atoms with Gasteiger partial charge in [-0.2, -0.15) is 0 Å². The van der Waals surface area contributed by atoms with E-state index in [9.17, 15) is 19.5 Å². The lowest BCUT2D eigenvalue weighted by Gasteiger charge is -2.35. The number of hydrogen-bond acceptors (Lipinski definition) is 5. The number of aliphatic hydroxyl groups excluding tert-OH is 1. The number of amides is 3. The first-order chi connectivity index (χ1) is 16.3. The summed E-state index contributed by atoms with van der Waals surface area (Å²) in [6, 6.07) is 8.76. The number of nitrogens with zero attached hydrogens (tertiary/aromatic N) is 1. The molecule has 3 aliphatic heterocycles. The predicted octanol–water partition coefficient (Wildman–Crippen LogP) is 3.18. The van der Waals surface area contributed by atoms with E-state index >= 15 is 0 Å². The number of rotatable bonds is 10. The monoisotopic (exact) mass is 487 g/mol. The second-order valence-corrected chi connectivity index (χ2v) is 12.1. The maximum Gasteiger partial charge on any atom is 0.244 e. The number of para-hydroxylation sites is 1. The molecule has 0 saturated carbocycles. The molecule has 3 aliphatic rings. The molecule has 2 bridgehead atoms. The highest BCUT2D eigenvalue weighted by atomic mass is 32.2. The van der Waals surface area contributed by atoms with E-state index in [1.165, 1.54) is 0 Å². The normalized spacial score (nSPS) is 32.5. The Labute approximate surface area is 206 Å². The van der Waals surface area contributed by atoms with Gasteiger partial charge in [0.25, 0.3) is 0 Å². The van der Waals surface area contributed by atoms with E-state index in [2.05, 4.69) is 24.5 Å². The molecule has 4 rings (SSSR count). The largest absolute Gasteiger partial charge is 0.396 e. The summed E-state index contributed by atoms with van der Waals surface area (Å²) in [5, 5.41) is 15.5. The number of likely N-dealkylation sites (tertiary alicyclic amines) is 1. The molecule has 0 radical (unpaired) electrons. The highest BCUT2D eigenvalue weighted by Gasteiger charge is 2.77. The third kappa shape index (κ3) is 4.24. The summed E-state index contributed by atoms with van der Waals surface area (Å²) in [5.41, 5.74) is 0.714. The zero-order chi connectivity index (χ0) is 24.5.